The summed E-state index contributed by atoms with van der Waals surface area (Å²) in [6, 6.07) is 1.17. The van der Waals surface area contributed by atoms with Gasteiger partial charge in [0.05, 0.1) is 6.61 Å². The SMILES string of the molecule is C[C@H](CO)NC(=O)CC1CC2CCC(C1)N2. The van der Waals surface area contributed by atoms with E-state index in [-0.39, 0.29) is 18.6 Å². The number of fused-ring (bicyclic) bond motifs is 2. The smallest absolute Gasteiger partial charge is 0.220 e. The normalized spacial score (nSPS) is 34.8. The second-order valence-corrected chi connectivity index (χ2v) is 5.33. The minimum absolute atomic E-state index is 0.0171. The number of hydrogen-bond donors (Lipinski definition) is 3. The summed E-state index contributed by atoms with van der Waals surface area (Å²) in [6.07, 6.45) is 5.44. The molecule has 0 saturated carbocycles. The van der Waals surface area contributed by atoms with Crippen molar-refractivity contribution in [1.82, 2.24) is 10.6 Å². The van der Waals surface area contributed by atoms with Gasteiger partial charge in [-0.25, -0.2) is 0 Å². The lowest BCUT2D eigenvalue weighted by molar-refractivity contribution is -0.123. The van der Waals surface area contributed by atoms with Gasteiger partial charge < -0.3 is 15.7 Å². The van der Waals surface area contributed by atoms with E-state index in [0.29, 0.717) is 24.4 Å². The minimum Gasteiger partial charge on any atom is -0.394 e. The van der Waals surface area contributed by atoms with Crippen LogP contribution in [-0.4, -0.2) is 35.7 Å². The largest absolute Gasteiger partial charge is 0.394 e. The molecule has 4 nitrogen and oxygen atoms in total. The van der Waals surface area contributed by atoms with E-state index in [4.69, 9.17) is 5.11 Å². The lowest BCUT2D eigenvalue weighted by atomic mass is 9.89. The Balaban J connectivity index is 1.75. The second-order valence-electron chi connectivity index (χ2n) is 5.33. The summed E-state index contributed by atoms with van der Waals surface area (Å²) in [5.41, 5.74) is 0. The molecule has 2 aliphatic heterocycles. The Morgan fingerprint density at radius 1 is 1.44 bits per heavy atom. The monoisotopic (exact) mass is 226 g/mol. The lowest BCUT2D eigenvalue weighted by Gasteiger charge is -2.28. The molecule has 2 saturated heterocycles. The zero-order valence-electron chi connectivity index (χ0n) is 9.91. The Morgan fingerprint density at radius 2 is 2.06 bits per heavy atom. The topological polar surface area (TPSA) is 61.4 Å². The van der Waals surface area contributed by atoms with Gasteiger partial charge in [0, 0.05) is 24.5 Å². The summed E-state index contributed by atoms with van der Waals surface area (Å²) in [6.45, 7) is 1.84. The van der Waals surface area contributed by atoms with Crippen molar-refractivity contribution in [2.75, 3.05) is 6.61 Å². The molecule has 0 aromatic carbocycles. The fraction of sp³-hybridized carbons (Fsp3) is 0.917. The molecule has 2 heterocycles. The van der Waals surface area contributed by atoms with E-state index in [1.54, 1.807) is 0 Å². The average molecular weight is 226 g/mol. The van der Waals surface area contributed by atoms with Crippen LogP contribution in [0, 0.1) is 5.92 Å². The van der Waals surface area contributed by atoms with Crippen LogP contribution in [0.1, 0.15) is 39.0 Å². The van der Waals surface area contributed by atoms with Crippen LogP contribution in [0.3, 0.4) is 0 Å². The molecule has 0 aromatic rings. The van der Waals surface area contributed by atoms with Gasteiger partial charge in [-0.1, -0.05) is 0 Å². The van der Waals surface area contributed by atoms with Gasteiger partial charge >= 0.3 is 0 Å². The fourth-order valence-corrected chi connectivity index (χ4v) is 2.98. The average Bonchev–Trinajstić information content (AvgIpc) is 2.57. The first kappa shape index (κ1) is 11.9. The Morgan fingerprint density at radius 3 is 2.62 bits per heavy atom. The summed E-state index contributed by atoms with van der Waals surface area (Å²) in [4.78, 5) is 11.7. The molecule has 2 unspecified atom stereocenters. The number of amides is 1. The Bertz CT molecular complexity index is 245. The number of aliphatic hydroxyl groups is 1. The quantitative estimate of drug-likeness (QED) is 0.650. The van der Waals surface area contributed by atoms with E-state index in [9.17, 15) is 4.79 Å². The molecule has 2 bridgehead atoms. The van der Waals surface area contributed by atoms with Gasteiger partial charge in [-0.15, -0.1) is 0 Å². The summed E-state index contributed by atoms with van der Waals surface area (Å²) in [5, 5.41) is 15.3. The van der Waals surface area contributed by atoms with E-state index in [0.717, 1.165) is 12.8 Å². The first-order chi connectivity index (χ1) is 7.67. The van der Waals surface area contributed by atoms with Crippen LogP contribution in [0.5, 0.6) is 0 Å². The van der Waals surface area contributed by atoms with Crippen molar-refractivity contribution in [3.8, 4) is 0 Å². The van der Waals surface area contributed by atoms with Crippen LogP contribution in [0.4, 0.5) is 0 Å². The number of carbonyl (C=O) groups excluding carboxylic acids is 1. The molecule has 2 rings (SSSR count). The van der Waals surface area contributed by atoms with E-state index in [1.165, 1.54) is 12.8 Å². The number of rotatable bonds is 4. The molecule has 2 aliphatic rings. The van der Waals surface area contributed by atoms with Crippen molar-refractivity contribution in [2.45, 2.75) is 57.2 Å². The molecule has 2 fully saturated rings. The van der Waals surface area contributed by atoms with Gasteiger partial charge in [-0.3, -0.25) is 4.79 Å². The van der Waals surface area contributed by atoms with Gasteiger partial charge in [0.15, 0.2) is 0 Å². The van der Waals surface area contributed by atoms with Crippen LogP contribution < -0.4 is 10.6 Å². The van der Waals surface area contributed by atoms with Crippen LogP contribution in [-0.2, 0) is 4.79 Å². The molecule has 0 spiro atoms. The van der Waals surface area contributed by atoms with E-state index in [2.05, 4.69) is 10.6 Å². The summed E-state index contributed by atoms with van der Waals surface area (Å²) < 4.78 is 0. The third-order valence-electron chi connectivity index (χ3n) is 3.73. The molecule has 16 heavy (non-hydrogen) atoms. The van der Waals surface area contributed by atoms with Gasteiger partial charge in [0.1, 0.15) is 0 Å². The third kappa shape index (κ3) is 2.95. The first-order valence-electron chi connectivity index (χ1n) is 6.33. The number of nitrogens with one attached hydrogen (secondary N) is 2. The van der Waals surface area contributed by atoms with E-state index >= 15 is 0 Å². The highest BCUT2D eigenvalue weighted by molar-refractivity contribution is 5.76. The number of carbonyl (C=O) groups is 1. The van der Waals surface area contributed by atoms with E-state index < -0.39 is 0 Å². The molecule has 0 aliphatic carbocycles. The van der Waals surface area contributed by atoms with Crippen LogP contribution >= 0.6 is 0 Å². The Kier molecular flexibility index (Phi) is 3.82. The van der Waals surface area contributed by atoms with Crippen LogP contribution in [0.2, 0.25) is 0 Å². The van der Waals surface area contributed by atoms with Gasteiger partial charge in [-0.2, -0.15) is 0 Å². The number of aliphatic hydroxyl groups excluding tert-OH is 1. The maximum atomic E-state index is 11.7. The lowest BCUT2D eigenvalue weighted by Crippen LogP contribution is -2.41. The zero-order valence-corrected chi connectivity index (χ0v) is 9.91. The summed E-state index contributed by atoms with van der Waals surface area (Å²) in [7, 11) is 0. The summed E-state index contributed by atoms with van der Waals surface area (Å²) in [5.74, 6) is 0.623. The molecule has 4 heteroatoms. The molecule has 3 atom stereocenters. The van der Waals surface area contributed by atoms with E-state index in [1.807, 2.05) is 6.92 Å². The van der Waals surface area contributed by atoms with Crippen molar-refractivity contribution in [1.29, 1.82) is 0 Å². The summed E-state index contributed by atoms with van der Waals surface area (Å²) >= 11 is 0. The standard InChI is InChI=1S/C12H22N2O2/c1-8(7-15)13-12(16)6-9-4-10-2-3-11(5-9)14-10/h8-11,14-15H,2-7H2,1H3,(H,13,16)/t8-,9?,10?,11?/m1/s1. The molecular formula is C12H22N2O2. The third-order valence-corrected chi connectivity index (χ3v) is 3.73. The Labute approximate surface area is 96.8 Å². The van der Waals surface area contributed by atoms with Gasteiger partial charge in [0.25, 0.3) is 0 Å². The van der Waals surface area contributed by atoms with Crippen LogP contribution in [0.25, 0.3) is 0 Å². The van der Waals surface area contributed by atoms with Crippen molar-refractivity contribution >= 4 is 5.91 Å². The molecule has 3 N–H and O–H groups in total. The van der Waals surface area contributed by atoms with Crippen molar-refractivity contribution in [3.05, 3.63) is 0 Å². The zero-order chi connectivity index (χ0) is 11.5. The molecule has 0 radical (unpaired) electrons. The first-order valence-corrected chi connectivity index (χ1v) is 6.33. The number of piperidine rings is 1. The maximum absolute atomic E-state index is 11.7. The fourth-order valence-electron chi connectivity index (χ4n) is 2.98. The highest BCUT2D eigenvalue weighted by atomic mass is 16.3. The highest BCUT2D eigenvalue weighted by Crippen LogP contribution is 2.32. The minimum atomic E-state index is -0.120. The highest BCUT2D eigenvalue weighted by Gasteiger charge is 2.34. The van der Waals surface area contributed by atoms with Gasteiger partial charge in [0.2, 0.25) is 5.91 Å². The number of hydrogen-bond acceptors (Lipinski definition) is 3. The van der Waals surface area contributed by atoms with Crippen LogP contribution in [0.15, 0.2) is 0 Å². The Hall–Kier alpha value is -0.610. The van der Waals surface area contributed by atoms with Crippen molar-refractivity contribution in [2.24, 2.45) is 5.92 Å². The van der Waals surface area contributed by atoms with Gasteiger partial charge in [-0.05, 0) is 38.5 Å². The second kappa shape index (κ2) is 5.15. The molecule has 1 amide bonds. The van der Waals surface area contributed by atoms with Crippen molar-refractivity contribution in [3.63, 3.8) is 0 Å². The predicted molar refractivity (Wildman–Crippen MR) is 62.0 cm³/mol. The molecule has 92 valence electrons. The predicted octanol–water partition coefficient (Wildman–Crippen LogP) is 0.404. The van der Waals surface area contributed by atoms with Crippen molar-refractivity contribution < 1.29 is 9.90 Å². The molecular weight excluding hydrogens is 204 g/mol. The maximum Gasteiger partial charge on any atom is 0.220 e. The molecule has 0 aromatic heterocycles.